The first-order chi connectivity index (χ1) is 12.5. The molecule has 2 aromatic carbocycles. The lowest BCUT2D eigenvalue weighted by atomic mass is 9.98. The van der Waals surface area contributed by atoms with Gasteiger partial charge in [0.25, 0.3) is 5.91 Å². The summed E-state index contributed by atoms with van der Waals surface area (Å²) in [5.41, 5.74) is 3.64. The minimum absolute atomic E-state index is 0.0621. The monoisotopic (exact) mass is 348 g/mol. The van der Waals surface area contributed by atoms with E-state index in [0.29, 0.717) is 6.61 Å². The van der Waals surface area contributed by atoms with E-state index in [0.717, 1.165) is 28.1 Å². The fourth-order valence-corrected chi connectivity index (χ4v) is 2.67. The van der Waals surface area contributed by atoms with Crippen molar-refractivity contribution in [2.75, 3.05) is 11.9 Å². The maximum atomic E-state index is 12.6. The molecule has 0 atom stereocenters. The quantitative estimate of drug-likeness (QED) is 0.586. The third-order valence-electron chi connectivity index (χ3n) is 4.03. The minimum atomic E-state index is -0.405. The Kier molecular flexibility index (Phi) is 6.57. The summed E-state index contributed by atoms with van der Waals surface area (Å²) in [4.78, 5) is 12.6. The fraction of sp³-hybridized carbons (Fsp3) is 0.273. The maximum Gasteiger partial charge on any atom is 0.266 e. The normalized spacial score (nSPS) is 11.2. The van der Waals surface area contributed by atoms with Crippen molar-refractivity contribution in [3.8, 4) is 11.8 Å². The first kappa shape index (κ1) is 19.3. The predicted molar refractivity (Wildman–Crippen MR) is 105 cm³/mol. The third-order valence-corrected chi connectivity index (χ3v) is 4.03. The zero-order valence-electron chi connectivity index (χ0n) is 15.7. The molecule has 0 spiro atoms. The second-order valence-electron chi connectivity index (χ2n) is 6.32. The van der Waals surface area contributed by atoms with Gasteiger partial charge in [-0.2, -0.15) is 5.26 Å². The molecular formula is C22H24N2O2. The van der Waals surface area contributed by atoms with E-state index in [1.165, 1.54) is 0 Å². The molecule has 0 aliphatic carbocycles. The number of aryl methyl sites for hydroxylation is 1. The minimum Gasteiger partial charge on any atom is -0.494 e. The van der Waals surface area contributed by atoms with Gasteiger partial charge in [0.2, 0.25) is 0 Å². The number of para-hydroxylation sites is 1. The van der Waals surface area contributed by atoms with Crippen LogP contribution in [0.15, 0.2) is 48.0 Å². The van der Waals surface area contributed by atoms with Crippen molar-refractivity contribution < 1.29 is 9.53 Å². The van der Waals surface area contributed by atoms with E-state index in [4.69, 9.17) is 4.74 Å². The number of ether oxygens (including phenoxy) is 1. The molecule has 1 N–H and O–H groups in total. The number of rotatable bonds is 6. The maximum absolute atomic E-state index is 12.6. The number of hydrogen-bond donors (Lipinski definition) is 1. The van der Waals surface area contributed by atoms with E-state index in [1.54, 1.807) is 6.08 Å². The van der Waals surface area contributed by atoms with Gasteiger partial charge >= 0.3 is 0 Å². The van der Waals surface area contributed by atoms with Gasteiger partial charge in [-0.15, -0.1) is 0 Å². The van der Waals surface area contributed by atoms with Crippen LogP contribution in [0.4, 0.5) is 5.69 Å². The second kappa shape index (κ2) is 8.87. The van der Waals surface area contributed by atoms with Crippen LogP contribution in [0.2, 0.25) is 0 Å². The standard InChI is InChI=1S/C22H24N2O2/c1-5-26-19-11-9-17(10-12-19)13-18(14-23)22(25)24-21-16(4)7-6-8-20(21)15(2)3/h6-13,15H,5H2,1-4H3,(H,24,25)/b18-13+. The molecule has 0 saturated carbocycles. The largest absolute Gasteiger partial charge is 0.494 e. The Bertz CT molecular complexity index is 843. The molecule has 2 rings (SSSR count). The molecule has 0 bridgehead atoms. The van der Waals surface area contributed by atoms with Gasteiger partial charge in [-0.05, 0) is 54.7 Å². The summed E-state index contributed by atoms with van der Waals surface area (Å²) in [5, 5.41) is 12.3. The lowest BCUT2D eigenvalue weighted by molar-refractivity contribution is -0.112. The van der Waals surface area contributed by atoms with Crippen molar-refractivity contribution in [2.24, 2.45) is 0 Å². The molecule has 0 aliphatic rings. The zero-order valence-corrected chi connectivity index (χ0v) is 15.7. The summed E-state index contributed by atoms with van der Waals surface area (Å²) in [6, 6.07) is 15.2. The number of nitrogens with one attached hydrogen (secondary N) is 1. The Morgan fingerprint density at radius 3 is 2.50 bits per heavy atom. The third kappa shape index (κ3) is 4.73. The molecule has 0 heterocycles. The zero-order chi connectivity index (χ0) is 19.1. The Morgan fingerprint density at radius 1 is 1.23 bits per heavy atom. The van der Waals surface area contributed by atoms with Crippen LogP contribution in [-0.4, -0.2) is 12.5 Å². The molecule has 0 unspecified atom stereocenters. The summed E-state index contributed by atoms with van der Waals surface area (Å²) in [6.45, 7) is 8.61. The van der Waals surface area contributed by atoms with Gasteiger partial charge in [-0.1, -0.05) is 44.2 Å². The summed E-state index contributed by atoms with van der Waals surface area (Å²) in [7, 11) is 0. The molecule has 0 radical (unpaired) electrons. The lowest BCUT2D eigenvalue weighted by Gasteiger charge is -2.16. The number of amides is 1. The number of nitrogens with zero attached hydrogens (tertiary/aromatic N) is 1. The molecule has 0 fully saturated rings. The molecular weight excluding hydrogens is 324 g/mol. The van der Waals surface area contributed by atoms with Crippen molar-refractivity contribution in [3.05, 3.63) is 64.7 Å². The van der Waals surface area contributed by atoms with Crippen molar-refractivity contribution >= 4 is 17.7 Å². The molecule has 1 amide bonds. The molecule has 0 saturated heterocycles. The molecule has 2 aromatic rings. The smallest absolute Gasteiger partial charge is 0.266 e. The highest BCUT2D eigenvalue weighted by Gasteiger charge is 2.15. The van der Waals surface area contributed by atoms with Crippen LogP contribution in [0.5, 0.6) is 5.75 Å². The van der Waals surface area contributed by atoms with E-state index in [-0.39, 0.29) is 11.5 Å². The van der Waals surface area contributed by atoms with E-state index in [2.05, 4.69) is 19.2 Å². The number of carbonyl (C=O) groups excluding carboxylic acids is 1. The van der Waals surface area contributed by atoms with Gasteiger partial charge < -0.3 is 10.1 Å². The molecule has 4 heteroatoms. The van der Waals surface area contributed by atoms with Gasteiger partial charge in [0.05, 0.1) is 6.61 Å². The fourth-order valence-electron chi connectivity index (χ4n) is 2.67. The highest BCUT2D eigenvalue weighted by Crippen LogP contribution is 2.28. The van der Waals surface area contributed by atoms with Crippen LogP contribution in [0, 0.1) is 18.3 Å². The SMILES string of the molecule is CCOc1ccc(/C=C(\C#N)C(=O)Nc2c(C)cccc2C(C)C)cc1. The van der Waals surface area contributed by atoms with E-state index in [1.807, 2.05) is 62.4 Å². The van der Waals surface area contributed by atoms with Gasteiger partial charge in [0.1, 0.15) is 17.4 Å². The number of carbonyl (C=O) groups is 1. The summed E-state index contributed by atoms with van der Waals surface area (Å²) < 4.78 is 5.40. The molecule has 0 aromatic heterocycles. The van der Waals surface area contributed by atoms with E-state index in [9.17, 15) is 10.1 Å². The predicted octanol–water partition coefficient (Wildman–Crippen LogP) is 5.06. The Balaban J connectivity index is 2.26. The Labute approximate surface area is 155 Å². The molecule has 0 aliphatic heterocycles. The van der Waals surface area contributed by atoms with Crippen molar-refractivity contribution in [1.82, 2.24) is 0 Å². The van der Waals surface area contributed by atoms with Crippen LogP contribution in [0.25, 0.3) is 6.08 Å². The summed E-state index contributed by atoms with van der Waals surface area (Å²) in [6.07, 6.45) is 1.58. The van der Waals surface area contributed by atoms with Crippen molar-refractivity contribution in [3.63, 3.8) is 0 Å². The van der Waals surface area contributed by atoms with Crippen LogP contribution >= 0.6 is 0 Å². The number of nitriles is 1. The number of anilines is 1. The van der Waals surface area contributed by atoms with Gasteiger partial charge in [0, 0.05) is 5.69 Å². The lowest BCUT2D eigenvalue weighted by Crippen LogP contribution is -2.16. The van der Waals surface area contributed by atoms with Gasteiger partial charge in [-0.25, -0.2) is 0 Å². The van der Waals surface area contributed by atoms with Crippen molar-refractivity contribution in [1.29, 1.82) is 5.26 Å². The highest BCUT2D eigenvalue weighted by atomic mass is 16.5. The van der Waals surface area contributed by atoms with E-state index < -0.39 is 5.91 Å². The topological polar surface area (TPSA) is 62.1 Å². The molecule has 26 heavy (non-hydrogen) atoms. The summed E-state index contributed by atoms with van der Waals surface area (Å²) >= 11 is 0. The van der Waals surface area contributed by atoms with Gasteiger partial charge in [-0.3, -0.25) is 4.79 Å². The number of hydrogen-bond acceptors (Lipinski definition) is 3. The molecule has 4 nitrogen and oxygen atoms in total. The van der Waals surface area contributed by atoms with Crippen LogP contribution < -0.4 is 10.1 Å². The summed E-state index contributed by atoms with van der Waals surface area (Å²) in [5.74, 6) is 0.623. The Hall–Kier alpha value is -3.06. The first-order valence-electron chi connectivity index (χ1n) is 8.71. The average Bonchev–Trinajstić information content (AvgIpc) is 2.62. The molecule has 134 valence electrons. The average molecular weight is 348 g/mol. The first-order valence-corrected chi connectivity index (χ1v) is 8.71. The van der Waals surface area contributed by atoms with Crippen LogP contribution in [0.3, 0.4) is 0 Å². The van der Waals surface area contributed by atoms with E-state index >= 15 is 0 Å². The highest BCUT2D eigenvalue weighted by molar-refractivity contribution is 6.10. The van der Waals surface area contributed by atoms with Crippen LogP contribution in [-0.2, 0) is 4.79 Å². The van der Waals surface area contributed by atoms with Gasteiger partial charge in [0.15, 0.2) is 0 Å². The van der Waals surface area contributed by atoms with Crippen LogP contribution in [0.1, 0.15) is 43.4 Å². The second-order valence-corrected chi connectivity index (χ2v) is 6.32. The number of benzene rings is 2. The Morgan fingerprint density at radius 2 is 1.92 bits per heavy atom. The van der Waals surface area contributed by atoms with Crippen molar-refractivity contribution in [2.45, 2.75) is 33.6 Å².